The minimum Gasteiger partial charge on any atom is -0.508 e. The maximum Gasteiger partial charge on any atom is 0.115 e. The first kappa shape index (κ1) is 19.0. The number of thioether (sulfide) groups is 2. The molecule has 1 fully saturated rings. The molecule has 1 aliphatic rings. The highest BCUT2D eigenvalue weighted by molar-refractivity contribution is 8.18. The predicted molar refractivity (Wildman–Crippen MR) is 100 cm³/mol. The summed E-state index contributed by atoms with van der Waals surface area (Å²) in [5, 5.41) is 29.5. The number of phenolic OH excluding ortho intramolecular Hbond substituents is 1. The van der Waals surface area contributed by atoms with Gasteiger partial charge in [0.05, 0.1) is 16.3 Å². The standard InChI is InChI=1S/C18H28O3S2/c1-2-15(19)12-17(21)13-18(22-10-3-11-23-18)9-8-14-4-6-16(20)7-5-14/h4-7,15,17,19-21H,2-3,8-13H2,1H3/t15-,17+/m1/s1. The number of hydrogen-bond acceptors (Lipinski definition) is 5. The van der Waals surface area contributed by atoms with Crippen LogP contribution < -0.4 is 0 Å². The minimum atomic E-state index is -0.442. The highest BCUT2D eigenvalue weighted by Crippen LogP contribution is 2.49. The third kappa shape index (κ3) is 6.22. The Morgan fingerprint density at radius 2 is 1.74 bits per heavy atom. The first-order valence-electron chi connectivity index (χ1n) is 8.45. The summed E-state index contributed by atoms with van der Waals surface area (Å²) in [7, 11) is 0. The summed E-state index contributed by atoms with van der Waals surface area (Å²) in [6.07, 6.45) is 4.23. The molecule has 3 nitrogen and oxygen atoms in total. The second kappa shape index (κ2) is 9.21. The van der Waals surface area contributed by atoms with Crippen molar-refractivity contribution in [2.24, 2.45) is 0 Å². The van der Waals surface area contributed by atoms with Gasteiger partial charge in [0.15, 0.2) is 0 Å². The second-order valence-electron chi connectivity index (χ2n) is 6.28. The number of aryl methyl sites for hydroxylation is 1. The summed E-state index contributed by atoms with van der Waals surface area (Å²) >= 11 is 3.94. The SMILES string of the molecule is CC[C@@H](O)C[C@H](O)CC1(CCc2ccc(O)cc2)SCCCS1. The third-order valence-electron chi connectivity index (χ3n) is 4.31. The van der Waals surface area contributed by atoms with E-state index in [4.69, 9.17) is 0 Å². The van der Waals surface area contributed by atoms with Gasteiger partial charge in [0.2, 0.25) is 0 Å². The molecule has 0 radical (unpaired) electrons. The highest BCUT2D eigenvalue weighted by Gasteiger charge is 2.35. The van der Waals surface area contributed by atoms with E-state index in [1.54, 1.807) is 12.1 Å². The van der Waals surface area contributed by atoms with Crippen LogP contribution in [0, 0.1) is 0 Å². The molecule has 1 saturated heterocycles. The van der Waals surface area contributed by atoms with Crippen molar-refractivity contribution in [3.63, 3.8) is 0 Å². The molecule has 1 aromatic rings. The molecule has 1 aromatic carbocycles. The van der Waals surface area contributed by atoms with Crippen LogP contribution in [0.2, 0.25) is 0 Å². The van der Waals surface area contributed by atoms with Crippen LogP contribution in [-0.2, 0) is 6.42 Å². The van der Waals surface area contributed by atoms with Crippen molar-refractivity contribution in [2.45, 2.75) is 61.7 Å². The average molecular weight is 357 g/mol. The summed E-state index contributed by atoms with van der Waals surface area (Å²) in [6.45, 7) is 1.95. The van der Waals surface area contributed by atoms with Crippen LogP contribution in [-0.4, -0.2) is 43.1 Å². The van der Waals surface area contributed by atoms with Crippen LogP contribution >= 0.6 is 23.5 Å². The van der Waals surface area contributed by atoms with E-state index in [9.17, 15) is 15.3 Å². The molecule has 1 aliphatic heterocycles. The van der Waals surface area contributed by atoms with Crippen molar-refractivity contribution >= 4 is 23.5 Å². The van der Waals surface area contributed by atoms with Crippen LogP contribution in [0.15, 0.2) is 24.3 Å². The number of aromatic hydroxyl groups is 1. The number of aliphatic hydroxyl groups is 2. The van der Waals surface area contributed by atoms with Crippen LogP contribution in [0.25, 0.3) is 0 Å². The number of phenols is 1. The number of benzene rings is 1. The number of rotatable bonds is 8. The molecule has 1 heterocycles. The topological polar surface area (TPSA) is 60.7 Å². The summed E-state index contributed by atoms with van der Waals surface area (Å²) < 4.78 is 0.0447. The van der Waals surface area contributed by atoms with Crippen LogP contribution in [0.4, 0.5) is 0 Å². The van der Waals surface area contributed by atoms with Crippen molar-refractivity contribution in [3.05, 3.63) is 29.8 Å². The van der Waals surface area contributed by atoms with E-state index in [1.807, 2.05) is 42.6 Å². The molecule has 2 rings (SSSR count). The van der Waals surface area contributed by atoms with Gasteiger partial charge in [-0.05, 0) is 67.7 Å². The third-order valence-corrected chi connectivity index (χ3v) is 7.80. The van der Waals surface area contributed by atoms with Gasteiger partial charge in [-0.15, -0.1) is 23.5 Å². The van der Waals surface area contributed by atoms with Crippen molar-refractivity contribution in [1.29, 1.82) is 0 Å². The summed E-state index contributed by atoms with van der Waals surface area (Å²) in [4.78, 5) is 0. The molecule has 0 aliphatic carbocycles. The second-order valence-corrected chi connectivity index (χ2v) is 9.50. The first-order chi connectivity index (χ1) is 11.0. The van der Waals surface area contributed by atoms with Gasteiger partial charge < -0.3 is 15.3 Å². The fourth-order valence-corrected chi connectivity index (χ4v) is 6.35. The molecule has 130 valence electrons. The molecule has 0 amide bonds. The van der Waals surface area contributed by atoms with Crippen molar-refractivity contribution in [2.75, 3.05) is 11.5 Å². The van der Waals surface area contributed by atoms with E-state index in [0.29, 0.717) is 18.6 Å². The molecule has 0 aromatic heterocycles. The van der Waals surface area contributed by atoms with Gasteiger partial charge >= 0.3 is 0 Å². The number of hydrogen-bond donors (Lipinski definition) is 3. The van der Waals surface area contributed by atoms with Gasteiger partial charge in [-0.1, -0.05) is 19.1 Å². The summed E-state index contributed by atoms with van der Waals surface area (Å²) in [6, 6.07) is 7.40. The van der Waals surface area contributed by atoms with Gasteiger partial charge in [0.1, 0.15) is 5.75 Å². The lowest BCUT2D eigenvalue weighted by atomic mass is 10.0. The largest absolute Gasteiger partial charge is 0.508 e. The van der Waals surface area contributed by atoms with Crippen LogP contribution in [0.5, 0.6) is 5.75 Å². The lowest BCUT2D eigenvalue weighted by Gasteiger charge is -2.38. The predicted octanol–water partition coefficient (Wildman–Crippen LogP) is 3.80. The zero-order valence-corrected chi connectivity index (χ0v) is 15.4. The Morgan fingerprint density at radius 3 is 2.35 bits per heavy atom. The van der Waals surface area contributed by atoms with Gasteiger partial charge in [0, 0.05) is 0 Å². The normalized spacial score (nSPS) is 20.1. The molecule has 23 heavy (non-hydrogen) atoms. The van der Waals surface area contributed by atoms with E-state index >= 15 is 0 Å². The Balaban J connectivity index is 1.96. The van der Waals surface area contributed by atoms with Crippen LogP contribution in [0.1, 0.15) is 44.6 Å². The molecule has 3 N–H and O–H groups in total. The zero-order valence-electron chi connectivity index (χ0n) is 13.8. The van der Waals surface area contributed by atoms with E-state index in [2.05, 4.69) is 0 Å². The molecule has 5 heteroatoms. The van der Waals surface area contributed by atoms with E-state index in [-0.39, 0.29) is 4.08 Å². The zero-order chi connectivity index (χ0) is 16.7. The summed E-state index contributed by atoms with van der Waals surface area (Å²) in [5.41, 5.74) is 1.22. The molecule has 2 atom stereocenters. The van der Waals surface area contributed by atoms with Crippen molar-refractivity contribution in [3.8, 4) is 5.75 Å². The number of aliphatic hydroxyl groups excluding tert-OH is 2. The Morgan fingerprint density at radius 1 is 1.09 bits per heavy atom. The maximum atomic E-state index is 10.4. The first-order valence-corrected chi connectivity index (χ1v) is 10.4. The Bertz CT molecular complexity index is 458. The van der Waals surface area contributed by atoms with Crippen molar-refractivity contribution in [1.82, 2.24) is 0 Å². The molecule has 0 spiro atoms. The minimum absolute atomic E-state index is 0.0447. The lowest BCUT2D eigenvalue weighted by Crippen LogP contribution is -2.32. The summed E-state index contributed by atoms with van der Waals surface area (Å²) in [5.74, 6) is 2.59. The fourth-order valence-electron chi connectivity index (χ4n) is 2.90. The quantitative estimate of drug-likeness (QED) is 0.661. The average Bonchev–Trinajstić information content (AvgIpc) is 2.55. The molecule has 0 bridgehead atoms. The monoisotopic (exact) mass is 356 g/mol. The van der Waals surface area contributed by atoms with E-state index in [0.717, 1.165) is 30.8 Å². The van der Waals surface area contributed by atoms with Crippen LogP contribution in [0.3, 0.4) is 0 Å². The molecular weight excluding hydrogens is 328 g/mol. The smallest absolute Gasteiger partial charge is 0.115 e. The van der Waals surface area contributed by atoms with Crippen molar-refractivity contribution < 1.29 is 15.3 Å². The fraction of sp³-hybridized carbons (Fsp3) is 0.667. The Kier molecular flexibility index (Phi) is 7.60. The highest BCUT2D eigenvalue weighted by atomic mass is 32.2. The molecule has 0 saturated carbocycles. The van der Waals surface area contributed by atoms with E-state index < -0.39 is 12.2 Å². The Hall–Kier alpha value is -0.360. The Labute approximate surface area is 147 Å². The van der Waals surface area contributed by atoms with Gasteiger partial charge in [-0.2, -0.15) is 0 Å². The van der Waals surface area contributed by atoms with Gasteiger partial charge in [0.25, 0.3) is 0 Å². The lowest BCUT2D eigenvalue weighted by molar-refractivity contribution is 0.0716. The van der Waals surface area contributed by atoms with Gasteiger partial charge in [-0.25, -0.2) is 0 Å². The maximum absolute atomic E-state index is 10.4. The van der Waals surface area contributed by atoms with E-state index in [1.165, 1.54) is 12.0 Å². The molecular formula is C18H28O3S2. The van der Waals surface area contributed by atoms with Gasteiger partial charge in [-0.3, -0.25) is 0 Å². The molecule has 0 unspecified atom stereocenters.